The van der Waals surface area contributed by atoms with E-state index in [0.29, 0.717) is 28.6 Å². The van der Waals surface area contributed by atoms with Crippen LogP contribution in [0.4, 0.5) is 5.95 Å². The maximum absolute atomic E-state index is 12.8. The van der Waals surface area contributed by atoms with Crippen LogP contribution in [0, 0.1) is 11.8 Å². The number of aromatic nitrogens is 2. The quantitative estimate of drug-likeness (QED) is 0.418. The number of hydrogen-bond donors (Lipinski definition) is 1. The number of piperidine rings is 1. The van der Waals surface area contributed by atoms with Gasteiger partial charge in [0.15, 0.2) is 0 Å². The monoisotopic (exact) mass is 542 g/mol. The molecular weight excluding hydrogens is 511 g/mol. The second-order valence-corrected chi connectivity index (χ2v) is 11.2. The summed E-state index contributed by atoms with van der Waals surface area (Å²) in [4.78, 5) is 20.1. The van der Waals surface area contributed by atoms with Crippen molar-refractivity contribution in [2.45, 2.75) is 44.6 Å². The van der Waals surface area contributed by atoms with Gasteiger partial charge in [-0.1, -0.05) is 29.3 Å². The summed E-state index contributed by atoms with van der Waals surface area (Å²) in [5, 5.41) is 4.12. The Morgan fingerprint density at radius 2 is 1.89 bits per heavy atom. The molecule has 2 aromatic carbocycles. The number of carbonyl (C=O) groups excluding carboxylic acids is 1. The molecule has 3 aromatic rings. The van der Waals surface area contributed by atoms with Gasteiger partial charge in [-0.3, -0.25) is 9.36 Å². The summed E-state index contributed by atoms with van der Waals surface area (Å²) < 4.78 is 13.7. The number of imidazole rings is 1. The van der Waals surface area contributed by atoms with Gasteiger partial charge in [0.2, 0.25) is 11.9 Å². The molecular formula is C28H32Cl2N4O3. The molecule has 1 aliphatic carbocycles. The number of nitrogens with zero attached hydrogens (tertiary/aromatic N) is 3. The lowest BCUT2D eigenvalue weighted by Crippen LogP contribution is -2.42. The van der Waals surface area contributed by atoms with Crippen LogP contribution in [-0.2, 0) is 9.53 Å². The molecule has 9 heteroatoms. The highest BCUT2D eigenvalue weighted by Crippen LogP contribution is 2.36. The SMILES string of the molecule is O=C(NCC1CCOC1)C1CCN(c2nc3cc(Cl)c(Cl)cc3n2-c2cccc(OC3CCC3)c2)CC1. The van der Waals surface area contributed by atoms with Crippen LogP contribution in [0.25, 0.3) is 16.7 Å². The van der Waals surface area contributed by atoms with Crippen molar-refractivity contribution in [2.24, 2.45) is 11.8 Å². The molecule has 2 aliphatic heterocycles. The number of fused-ring (bicyclic) bond motifs is 1. The number of anilines is 1. The van der Waals surface area contributed by atoms with Crippen LogP contribution in [-0.4, -0.2) is 54.4 Å². The van der Waals surface area contributed by atoms with E-state index in [1.165, 1.54) is 6.42 Å². The summed E-state index contributed by atoms with van der Waals surface area (Å²) in [7, 11) is 0. The van der Waals surface area contributed by atoms with Crippen LogP contribution >= 0.6 is 23.2 Å². The third-order valence-electron chi connectivity index (χ3n) is 7.85. The van der Waals surface area contributed by atoms with Crippen molar-refractivity contribution >= 4 is 46.1 Å². The standard InChI is InChI=1S/C28H32Cl2N4O3/c29-23-14-25-26(15-24(23)30)34(20-3-1-6-22(13-20)37-21-4-2-5-21)28(32-25)33-10-7-19(8-11-33)27(35)31-16-18-9-12-36-17-18/h1,3,6,13-15,18-19,21H,2,4-5,7-12,16-17H2,(H,31,35). The van der Waals surface area contributed by atoms with Gasteiger partial charge in [-0.05, 0) is 62.8 Å². The van der Waals surface area contributed by atoms with Gasteiger partial charge >= 0.3 is 0 Å². The van der Waals surface area contributed by atoms with Gasteiger partial charge in [0.05, 0.1) is 39.5 Å². The Bertz CT molecular complexity index is 1280. The lowest BCUT2D eigenvalue weighted by Gasteiger charge is -2.32. The van der Waals surface area contributed by atoms with Crippen LogP contribution in [0.15, 0.2) is 36.4 Å². The molecule has 0 radical (unpaired) electrons. The molecule has 1 N–H and O–H groups in total. The molecule has 1 aromatic heterocycles. The molecule has 7 nitrogen and oxygen atoms in total. The van der Waals surface area contributed by atoms with Gasteiger partial charge < -0.3 is 19.7 Å². The van der Waals surface area contributed by atoms with Gasteiger partial charge in [0.25, 0.3) is 0 Å². The normalized spacial score (nSPS) is 20.8. The summed E-state index contributed by atoms with van der Waals surface area (Å²) in [5.74, 6) is 2.29. The molecule has 3 aliphatic rings. The molecule has 0 bridgehead atoms. The van der Waals surface area contributed by atoms with Crippen molar-refractivity contribution in [3.63, 3.8) is 0 Å². The summed E-state index contributed by atoms with van der Waals surface area (Å²) in [5.41, 5.74) is 2.64. The van der Waals surface area contributed by atoms with E-state index in [1.54, 1.807) is 0 Å². The van der Waals surface area contributed by atoms with Crippen LogP contribution in [0.2, 0.25) is 10.0 Å². The van der Waals surface area contributed by atoms with E-state index in [1.807, 2.05) is 24.3 Å². The van der Waals surface area contributed by atoms with Crippen molar-refractivity contribution in [3.8, 4) is 11.4 Å². The van der Waals surface area contributed by atoms with Crippen molar-refractivity contribution in [1.82, 2.24) is 14.9 Å². The summed E-state index contributed by atoms with van der Waals surface area (Å²) in [6, 6.07) is 11.9. The first-order valence-corrected chi connectivity index (χ1v) is 14.1. The average molecular weight is 543 g/mol. The van der Waals surface area contributed by atoms with Crippen molar-refractivity contribution in [1.29, 1.82) is 0 Å². The minimum Gasteiger partial charge on any atom is -0.490 e. The average Bonchev–Trinajstić information content (AvgIpc) is 3.53. The van der Waals surface area contributed by atoms with Crippen LogP contribution in [0.1, 0.15) is 38.5 Å². The maximum atomic E-state index is 12.8. The minimum absolute atomic E-state index is 0.0134. The summed E-state index contributed by atoms with van der Waals surface area (Å²) >= 11 is 12.8. The van der Waals surface area contributed by atoms with Crippen LogP contribution in [0.5, 0.6) is 5.75 Å². The zero-order chi connectivity index (χ0) is 25.4. The van der Waals surface area contributed by atoms with Gasteiger partial charge in [0.1, 0.15) is 5.75 Å². The molecule has 3 fully saturated rings. The third-order valence-corrected chi connectivity index (χ3v) is 8.57. The number of amides is 1. The second kappa shape index (κ2) is 10.7. The fourth-order valence-corrected chi connectivity index (χ4v) is 5.69. The van der Waals surface area contributed by atoms with E-state index in [-0.39, 0.29) is 11.8 Å². The predicted molar refractivity (Wildman–Crippen MR) is 146 cm³/mol. The van der Waals surface area contributed by atoms with Gasteiger partial charge in [-0.25, -0.2) is 4.98 Å². The molecule has 1 saturated carbocycles. The van der Waals surface area contributed by atoms with E-state index in [2.05, 4.69) is 26.9 Å². The topological polar surface area (TPSA) is 68.6 Å². The van der Waals surface area contributed by atoms with Crippen molar-refractivity contribution in [3.05, 3.63) is 46.4 Å². The lowest BCUT2D eigenvalue weighted by molar-refractivity contribution is -0.125. The van der Waals surface area contributed by atoms with E-state index in [9.17, 15) is 4.79 Å². The molecule has 1 unspecified atom stereocenters. The van der Waals surface area contributed by atoms with Crippen LogP contribution < -0.4 is 15.0 Å². The molecule has 0 spiro atoms. The predicted octanol–water partition coefficient (Wildman–Crippen LogP) is 5.63. The third kappa shape index (κ3) is 5.27. The first-order chi connectivity index (χ1) is 18.0. The second-order valence-electron chi connectivity index (χ2n) is 10.4. The Balaban J connectivity index is 1.24. The first-order valence-electron chi connectivity index (χ1n) is 13.3. The van der Waals surface area contributed by atoms with E-state index >= 15 is 0 Å². The highest BCUT2D eigenvalue weighted by molar-refractivity contribution is 6.42. The van der Waals surface area contributed by atoms with Crippen molar-refractivity contribution in [2.75, 3.05) is 37.7 Å². The van der Waals surface area contributed by atoms with E-state index in [4.69, 9.17) is 37.7 Å². The number of rotatable bonds is 7. The first kappa shape index (κ1) is 24.8. The largest absolute Gasteiger partial charge is 0.490 e. The number of nitrogens with one attached hydrogen (secondary N) is 1. The molecule has 6 rings (SSSR count). The lowest BCUT2D eigenvalue weighted by atomic mass is 9.95. The summed E-state index contributed by atoms with van der Waals surface area (Å²) in [6.45, 7) is 3.73. The fourth-order valence-electron chi connectivity index (χ4n) is 5.38. The molecule has 1 atom stereocenters. The van der Waals surface area contributed by atoms with Gasteiger partial charge in [-0.15, -0.1) is 0 Å². The zero-order valence-corrected chi connectivity index (χ0v) is 22.3. The Morgan fingerprint density at radius 3 is 2.62 bits per heavy atom. The van der Waals surface area contributed by atoms with E-state index < -0.39 is 0 Å². The fraction of sp³-hybridized carbons (Fsp3) is 0.500. The van der Waals surface area contributed by atoms with Crippen LogP contribution in [0.3, 0.4) is 0 Å². The Labute approximate surface area is 227 Å². The zero-order valence-electron chi connectivity index (χ0n) is 20.8. The van der Waals surface area contributed by atoms with E-state index in [0.717, 1.165) is 86.8 Å². The van der Waals surface area contributed by atoms with Gasteiger partial charge in [-0.2, -0.15) is 0 Å². The summed E-state index contributed by atoms with van der Waals surface area (Å²) in [6.07, 6.45) is 6.32. The molecule has 3 heterocycles. The molecule has 196 valence electrons. The number of carbonyl (C=O) groups is 1. The Morgan fingerprint density at radius 1 is 1.08 bits per heavy atom. The maximum Gasteiger partial charge on any atom is 0.223 e. The highest BCUT2D eigenvalue weighted by atomic mass is 35.5. The minimum atomic E-state index is 0.0134. The molecule has 2 saturated heterocycles. The number of ether oxygens (including phenoxy) is 2. The Hall–Kier alpha value is -2.48. The number of benzene rings is 2. The molecule has 1 amide bonds. The Kier molecular flexibility index (Phi) is 7.19. The number of hydrogen-bond acceptors (Lipinski definition) is 5. The smallest absolute Gasteiger partial charge is 0.223 e. The molecule has 37 heavy (non-hydrogen) atoms. The number of halogens is 2. The van der Waals surface area contributed by atoms with Gasteiger partial charge in [0, 0.05) is 44.1 Å². The van der Waals surface area contributed by atoms with Crippen molar-refractivity contribution < 1.29 is 14.3 Å². The highest BCUT2D eigenvalue weighted by Gasteiger charge is 2.29.